The molecular weight excluding hydrogens is 364 g/mol. The Morgan fingerprint density at radius 1 is 1.11 bits per heavy atom. The number of fused-ring (bicyclic) bond motifs is 1. The molecule has 0 bridgehead atoms. The van der Waals surface area contributed by atoms with Gasteiger partial charge in [0, 0.05) is 17.8 Å². The maximum Gasteiger partial charge on any atom is 0.244 e. The van der Waals surface area contributed by atoms with Gasteiger partial charge in [-0.3, -0.25) is 14.5 Å². The first-order valence-corrected chi connectivity index (χ1v) is 8.69. The molecule has 0 saturated heterocycles. The molecule has 0 fully saturated rings. The van der Waals surface area contributed by atoms with Gasteiger partial charge >= 0.3 is 0 Å². The zero-order valence-electron chi connectivity index (χ0n) is 16.0. The van der Waals surface area contributed by atoms with Crippen molar-refractivity contribution in [1.29, 1.82) is 0 Å². The summed E-state index contributed by atoms with van der Waals surface area (Å²) in [6, 6.07) is 10.4. The fourth-order valence-electron chi connectivity index (χ4n) is 2.99. The summed E-state index contributed by atoms with van der Waals surface area (Å²) in [5.74, 6) is 1.30. The van der Waals surface area contributed by atoms with E-state index in [-0.39, 0.29) is 31.4 Å². The standard InChI is InChI=1S/C20H22N2O6/c1-25-16-10-13(11-17(26-2)20(16)27-3)21-18(23)12-22-14-6-4-5-7-15(14)28-9-8-19(22)24/h4-7,10-11H,8-9,12H2,1-3H3,(H,21,23). The van der Waals surface area contributed by atoms with E-state index in [4.69, 9.17) is 18.9 Å². The van der Waals surface area contributed by atoms with Gasteiger partial charge in [-0.05, 0) is 12.1 Å². The minimum Gasteiger partial charge on any atom is -0.493 e. The number of ether oxygens (including phenoxy) is 4. The number of rotatable bonds is 6. The Kier molecular flexibility index (Phi) is 5.88. The summed E-state index contributed by atoms with van der Waals surface area (Å²) in [6.07, 6.45) is 0.201. The second kappa shape index (κ2) is 8.51. The van der Waals surface area contributed by atoms with Crippen LogP contribution < -0.4 is 29.2 Å². The van der Waals surface area contributed by atoms with E-state index in [0.29, 0.717) is 34.4 Å². The molecule has 3 rings (SSSR count). The van der Waals surface area contributed by atoms with Crippen molar-refractivity contribution in [2.75, 3.05) is 44.7 Å². The Hall–Kier alpha value is -3.42. The Balaban J connectivity index is 1.81. The van der Waals surface area contributed by atoms with Gasteiger partial charge in [-0.2, -0.15) is 0 Å². The van der Waals surface area contributed by atoms with Gasteiger partial charge in [-0.25, -0.2) is 0 Å². The van der Waals surface area contributed by atoms with Gasteiger partial charge in [0.05, 0.1) is 40.0 Å². The Morgan fingerprint density at radius 3 is 2.43 bits per heavy atom. The highest BCUT2D eigenvalue weighted by atomic mass is 16.5. The molecule has 2 amide bonds. The minimum absolute atomic E-state index is 0.143. The smallest absolute Gasteiger partial charge is 0.244 e. The first-order valence-electron chi connectivity index (χ1n) is 8.69. The fraction of sp³-hybridized carbons (Fsp3) is 0.300. The maximum atomic E-state index is 12.6. The number of anilines is 2. The van der Waals surface area contributed by atoms with E-state index in [1.807, 2.05) is 6.07 Å². The fourth-order valence-corrected chi connectivity index (χ4v) is 2.99. The van der Waals surface area contributed by atoms with E-state index < -0.39 is 0 Å². The molecule has 2 aromatic rings. The van der Waals surface area contributed by atoms with Crippen LogP contribution in [0.25, 0.3) is 0 Å². The third-order valence-electron chi connectivity index (χ3n) is 4.28. The lowest BCUT2D eigenvalue weighted by Gasteiger charge is -2.21. The molecule has 1 N–H and O–H groups in total. The minimum atomic E-state index is -0.362. The van der Waals surface area contributed by atoms with E-state index in [1.54, 1.807) is 30.3 Å². The molecule has 0 spiro atoms. The van der Waals surface area contributed by atoms with Gasteiger partial charge in [0.25, 0.3) is 0 Å². The number of methoxy groups -OCH3 is 3. The van der Waals surface area contributed by atoms with Gasteiger partial charge < -0.3 is 24.3 Å². The third kappa shape index (κ3) is 3.95. The van der Waals surface area contributed by atoms with E-state index in [1.165, 1.54) is 26.2 Å². The number of carbonyl (C=O) groups is 2. The molecule has 2 aromatic carbocycles. The zero-order chi connectivity index (χ0) is 20.1. The topological polar surface area (TPSA) is 86.3 Å². The Morgan fingerprint density at radius 2 is 1.79 bits per heavy atom. The highest BCUT2D eigenvalue weighted by Gasteiger charge is 2.25. The van der Waals surface area contributed by atoms with Crippen LogP contribution in [-0.2, 0) is 9.59 Å². The molecule has 0 unspecified atom stereocenters. The highest BCUT2D eigenvalue weighted by molar-refractivity contribution is 6.04. The number of hydrogen-bond donors (Lipinski definition) is 1. The maximum absolute atomic E-state index is 12.6. The molecule has 1 aliphatic heterocycles. The summed E-state index contributed by atoms with van der Waals surface area (Å²) in [5.41, 5.74) is 1.04. The molecule has 0 radical (unpaired) electrons. The van der Waals surface area contributed by atoms with Crippen LogP contribution in [0.4, 0.5) is 11.4 Å². The molecule has 148 valence electrons. The van der Waals surface area contributed by atoms with Crippen molar-refractivity contribution in [3.63, 3.8) is 0 Å². The Bertz CT molecular complexity index is 858. The lowest BCUT2D eigenvalue weighted by atomic mass is 10.2. The number of benzene rings is 2. The van der Waals surface area contributed by atoms with Crippen LogP contribution in [0.2, 0.25) is 0 Å². The number of carbonyl (C=O) groups excluding carboxylic acids is 2. The van der Waals surface area contributed by atoms with Crippen LogP contribution in [0.1, 0.15) is 6.42 Å². The predicted molar refractivity (Wildman–Crippen MR) is 104 cm³/mol. The summed E-state index contributed by atoms with van der Waals surface area (Å²) in [5, 5.41) is 2.77. The van der Waals surface area contributed by atoms with E-state index >= 15 is 0 Å². The van der Waals surface area contributed by atoms with Gasteiger partial charge in [0.2, 0.25) is 17.6 Å². The van der Waals surface area contributed by atoms with Crippen LogP contribution >= 0.6 is 0 Å². The van der Waals surface area contributed by atoms with Crippen molar-refractivity contribution < 1.29 is 28.5 Å². The molecule has 1 aliphatic rings. The van der Waals surface area contributed by atoms with Crippen LogP contribution in [0.3, 0.4) is 0 Å². The number of nitrogens with zero attached hydrogens (tertiary/aromatic N) is 1. The molecule has 0 saturated carbocycles. The zero-order valence-corrected chi connectivity index (χ0v) is 16.0. The van der Waals surface area contributed by atoms with Crippen LogP contribution in [0.15, 0.2) is 36.4 Å². The number of nitrogens with one attached hydrogen (secondary N) is 1. The molecule has 1 heterocycles. The summed E-state index contributed by atoms with van der Waals surface area (Å²) in [4.78, 5) is 26.5. The molecule has 8 nitrogen and oxygen atoms in total. The van der Waals surface area contributed by atoms with Gasteiger partial charge in [0.15, 0.2) is 11.5 Å². The molecular formula is C20H22N2O6. The van der Waals surface area contributed by atoms with Gasteiger partial charge in [-0.15, -0.1) is 0 Å². The van der Waals surface area contributed by atoms with Crippen LogP contribution in [0, 0.1) is 0 Å². The lowest BCUT2D eigenvalue weighted by Crippen LogP contribution is -2.37. The predicted octanol–water partition coefficient (Wildman–Crippen LogP) is 2.47. The summed E-state index contributed by atoms with van der Waals surface area (Å²) >= 11 is 0. The molecule has 0 aromatic heterocycles. The SMILES string of the molecule is COc1cc(NC(=O)CN2C(=O)CCOc3ccccc32)cc(OC)c1OC. The van der Waals surface area contributed by atoms with Crippen LogP contribution in [-0.4, -0.2) is 46.3 Å². The lowest BCUT2D eigenvalue weighted by molar-refractivity contribution is -0.121. The number of amides is 2. The Labute approximate surface area is 162 Å². The number of hydrogen-bond acceptors (Lipinski definition) is 6. The van der Waals surface area contributed by atoms with Crippen molar-refractivity contribution in [3.8, 4) is 23.0 Å². The van der Waals surface area contributed by atoms with Gasteiger partial charge in [-0.1, -0.05) is 12.1 Å². The molecule has 28 heavy (non-hydrogen) atoms. The van der Waals surface area contributed by atoms with Crippen molar-refractivity contribution >= 4 is 23.2 Å². The van der Waals surface area contributed by atoms with Gasteiger partial charge in [0.1, 0.15) is 12.3 Å². The number of para-hydroxylation sites is 2. The first kappa shape index (κ1) is 19.3. The molecule has 8 heteroatoms. The monoisotopic (exact) mass is 386 g/mol. The first-order chi connectivity index (χ1) is 13.6. The van der Waals surface area contributed by atoms with Crippen molar-refractivity contribution in [1.82, 2.24) is 0 Å². The van der Waals surface area contributed by atoms with Crippen molar-refractivity contribution in [2.45, 2.75) is 6.42 Å². The van der Waals surface area contributed by atoms with Crippen molar-refractivity contribution in [3.05, 3.63) is 36.4 Å². The summed E-state index contributed by atoms with van der Waals surface area (Å²) < 4.78 is 21.5. The molecule has 0 aliphatic carbocycles. The van der Waals surface area contributed by atoms with E-state index in [2.05, 4.69) is 5.32 Å². The summed E-state index contributed by atoms with van der Waals surface area (Å²) in [7, 11) is 4.49. The quantitative estimate of drug-likeness (QED) is 0.821. The second-order valence-electron chi connectivity index (χ2n) is 6.01. The summed E-state index contributed by atoms with van der Waals surface area (Å²) in [6.45, 7) is 0.136. The van der Waals surface area contributed by atoms with E-state index in [9.17, 15) is 9.59 Å². The molecule has 0 atom stereocenters. The average Bonchev–Trinajstić information content (AvgIpc) is 2.86. The normalized spacial score (nSPS) is 13.1. The van der Waals surface area contributed by atoms with Crippen molar-refractivity contribution in [2.24, 2.45) is 0 Å². The van der Waals surface area contributed by atoms with E-state index in [0.717, 1.165) is 0 Å². The average molecular weight is 386 g/mol. The largest absolute Gasteiger partial charge is 0.493 e. The van der Waals surface area contributed by atoms with Crippen LogP contribution in [0.5, 0.6) is 23.0 Å². The highest BCUT2D eigenvalue weighted by Crippen LogP contribution is 2.40. The second-order valence-corrected chi connectivity index (χ2v) is 6.01. The third-order valence-corrected chi connectivity index (χ3v) is 4.28.